The van der Waals surface area contributed by atoms with Crippen molar-refractivity contribution in [1.29, 1.82) is 0 Å². The van der Waals surface area contributed by atoms with Gasteiger partial charge in [-0.3, -0.25) is 9.36 Å². The summed E-state index contributed by atoms with van der Waals surface area (Å²) < 4.78 is 1.50. The van der Waals surface area contributed by atoms with Crippen molar-refractivity contribution in [3.63, 3.8) is 0 Å². The number of halogens is 2. The Morgan fingerprint density at radius 2 is 2.09 bits per heavy atom. The first kappa shape index (κ1) is 16.3. The third-order valence-electron chi connectivity index (χ3n) is 4.26. The van der Waals surface area contributed by atoms with Crippen molar-refractivity contribution in [3.8, 4) is 5.69 Å². The van der Waals surface area contributed by atoms with Crippen molar-refractivity contribution in [1.82, 2.24) is 9.55 Å². The van der Waals surface area contributed by atoms with Crippen LogP contribution in [0.5, 0.6) is 0 Å². The zero-order valence-corrected chi connectivity index (χ0v) is 14.7. The fraction of sp³-hybridized carbons (Fsp3) is 0.333. The summed E-state index contributed by atoms with van der Waals surface area (Å²) >= 11 is 12.3. The number of aryl methyl sites for hydroxylation is 1. The summed E-state index contributed by atoms with van der Waals surface area (Å²) in [4.78, 5) is 17.2. The minimum Gasteiger partial charge on any atom is -0.269 e. The van der Waals surface area contributed by atoms with Crippen LogP contribution >= 0.6 is 23.2 Å². The Balaban J connectivity index is 2.09. The molecule has 1 unspecified atom stereocenters. The van der Waals surface area contributed by atoms with Crippen molar-refractivity contribution >= 4 is 28.8 Å². The van der Waals surface area contributed by atoms with Gasteiger partial charge in [0.2, 0.25) is 0 Å². The quantitative estimate of drug-likeness (QED) is 0.760. The van der Waals surface area contributed by atoms with Gasteiger partial charge in [0.15, 0.2) is 0 Å². The highest BCUT2D eigenvalue weighted by molar-refractivity contribution is 6.43. The lowest BCUT2D eigenvalue weighted by atomic mass is 9.89. The van der Waals surface area contributed by atoms with Gasteiger partial charge in [-0.15, -0.1) is 0 Å². The zero-order chi connectivity index (χ0) is 16.6. The second-order valence-electron chi connectivity index (χ2n) is 6.04. The van der Waals surface area contributed by atoms with E-state index in [1.54, 1.807) is 24.3 Å². The van der Waals surface area contributed by atoms with Crippen LogP contribution in [0.4, 0.5) is 0 Å². The molecular weight excluding hydrogens is 331 g/mol. The Morgan fingerprint density at radius 1 is 1.30 bits per heavy atom. The van der Waals surface area contributed by atoms with Crippen LogP contribution in [0, 0.1) is 12.8 Å². The minimum atomic E-state index is -0.142. The van der Waals surface area contributed by atoms with Crippen LogP contribution in [0.15, 0.2) is 35.1 Å². The first-order valence-corrected chi connectivity index (χ1v) is 8.47. The smallest absolute Gasteiger partial charge is 0.258 e. The van der Waals surface area contributed by atoms with Gasteiger partial charge in [0.1, 0.15) is 5.82 Å². The van der Waals surface area contributed by atoms with E-state index < -0.39 is 0 Å². The minimum absolute atomic E-state index is 0.142. The van der Waals surface area contributed by atoms with E-state index in [2.05, 4.69) is 18.0 Å². The summed E-state index contributed by atoms with van der Waals surface area (Å²) in [6, 6.07) is 6.83. The molecule has 0 fully saturated rings. The van der Waals surface area contributed by atoms with Gasteiger partial charge in [-0.05, 0) is 49.8 Å². The second kappa shape index (κ2) is 6.50. The second-order valence-corrected chi connectivity index (χ2v) is 6.83. The molecule has 0 saturated carbocycles. The molecule has 0 saturated heterocycles. The molecule has 0 radical (unpaired) electrons. The van der Waals surface area contributed by atoms with Crippen LogP contribution < -0.4 is 5.56 Å². The van der Waals surface area contributed by atoms with Crippen molar-refractivity contribution in [2.45, 2.75) is 33.1 Å². The van der Waals surface area contributed by atoms with Crippen molar-refractivity contribution in [2.24, 2.45) is 5.92 Å². The highest BCUT2D eigenvalue weighted by Crippen LogP contribution is 2.30. The largest absolute Gasteiger partial charge is 0.269 e. The van der Waals surface area contributed by atoms with Crippen LogP contribution in [-0.4, -0.2) is 9.55 Å². The monoisotopic (exact) mass is 348 g/mol. The molecule has 120 valence electrons. The molecule has 1 atom stereocenters. The van der Waals surface area contributed by atoms with E-state index >= 15 is 0 Å². The number of hydrogen-bond donors (Lipinski definition) is 0. The van der Waals surface area contributed by atoms with Gasteiger partial charge >= 0.3 is 0 Å². The Labute approximate surface area is 145 Å². The Bertz CT molecular complexity index is 839. The molecule has 0 bridgehead atoms. The molecule has 0 amide bonds. The van der Waals surface area contributed by atoms with Gasteiger partial charge in [0, 0.05) is 6.07 Å². The first-order chi connectivity index (χ1) is 11.0. The van der Waals surface area contributed by atoms with Crippen molar-refractivity contribution in [3.05, 3.63) is 62.3 Å². The molecule has 1 aliphatic rings. The lowest BCUT2D eigenvalue weighted by molar-refractivity contribution is 0.533. The normalized spacial score (nSPS) is 17.9. The number of allylic oxidation sites excluding steroid dienone is 2. The number of hydrogen-bond acceptors (Lipinski definition) is 2. The summed E-state index contributed by atoms with van der Waals surface area (Å²) in [6.45, 7) is 4.05. The average Bonchev–Trinajstić information content (AvgIpc) is 2.51. The predicted molar refractivity (Wildman–Crippen MR) is 95.6 cm³/mol. The molecule has 5 heteroatoms. The lowest BCUT2D eigenvalue weighted by Gasteiger charge is -2.19. The fourth-order valence-corrected chi connectivity index (χ4v) is 3.30. The molecular formula is C18H18Cl2N2O. The maximum Gasteiger partial charge on any atom is 0.258 e. The Hall–Kier alpha value is -1.58. The highest BCUT2D eigenvalue weighted by atomic mass is 35.5. The molecule has 0 N–H and O–H groups in total. The van der Waals surface area contributed by atoms with Crippen LogP contribution in [-0.2, 0) is 0 Å². The van der Waals surface area contributed by atoms with E-state index in [9.17, 15) is 4.79 Å². The molecule has 2 aromatic rings. The van der Waals surface area contributed by atoms with E-state index in [4.69, 9.17) is 23.2 Å². The third kappa shape index (κ3) is 3.22. The van der Waals surface area contributed by atoms with E-state index in [1.165, 1.54) is 4.57 Å². The molecule has 3 nitrogen and oxygen atoms in total. The number of rotatable bonds is 2. The summed E-state index contributed by atoms with van der Waals surface area (Å²) in [5.41, 5.74) is 2.35. The van der Waals surface area contributed by atoms with E-state index in [0.29, 0.717) is 27.5 Å². The number of benzene rings is 1. The van der Waals surface area contributed by atoms with Gasteiger partial charge in [0.25, 0.3) is 5.56 Å². The summed E-state index contributed by atoms with van der Waals surface area (Å²) in [7, 11) is 0. The molecule has 1 aromatic heterocycles. The van der Waals surface area contributed by atoms with Gasteiger partial charge in [-0.1, -0.05) is 42.3 Å². The molecule has 1 heterocycles. The SMILES string of the molecule is Cc1nc(C2=CCC(C)CC2)cc(=O)n1-c1cccc(Cl)c1Cl. The highest BCUT2D eigenvalue weighted by Gasteiger charge is 2.16. The Kier molecular flexibility index (Phi) is 4.60. The van der Waals surface area contributed by atoms with Crippen molar-refractivity contribution < 1.29 is 0 Å². The first-order valence-electron chi connectivity index (χ1n) is 7.72. The molecule has 0 spiro atoms. The van der Waals surface area contributed by atoms with E-state index in [-0.39, 0.29) is 5.56 Å². The average molecular weight is 349 g/mol. The standard InChI is InChI=1S/C18H18Cl2N2O/c1-11-6-8-13(9-7-11)15-10-17(23)22(12(2)21-15)16-5-3-4-14(19)18(16)20/h3-5,8,10-11H,6-7,9H2,1-2H3. The van der Waals surface area contributed by atoms with Gasteiger partial charge in [-0.25, -0.2) is 4.98 Å². The van der Waals surface area contributed by atoms with Gasteiger partial charge < -0.3 is 0 Å². The molecule has 1 aromatic carbocycles. The summed E-state index contributed by atoms with van der Waals surface area (Å²) in [5.74, 6) is 1.31. The molecule has 3 rings (SSSR count). The van der Waals surface area contributed by atoms with E-state index in [1.807, 2.05) is 6.92 Å². The summed E-state index contributed by atoms with van der Waals surface area (Å²) in [6.07, 6.45) is 5.34. The van der Waals surface area contributed by atoms with Crippen molar-refractivity contribution in [2.75, 3.05) is 0 Å². The lowest BCUT2D eigenvalue weighted by Crippen LogP contribution is -2.23. The van der Waals surface area contributed by atoms with Crippen LogP contribution in [0.3, 0.4) is 0 Å². The fourth-order valence-electron chi connectivity index (χ4n) is 2.92. The predicted octanol–water partition coefficient (Wildman–Crippen LogP) is 5.05. The van der Waals surface area contributed by atoms with Gasteiger partial charge in [0.05, 0.1) is 21.4 Å². The zero-order valence-electron chi connectivity index (χ0n) is 13.1. The number of aromatic nitrogens is 2. The maximum atomic E-state index is 12.6. The Morgan fingerprint density at radius 3 is 2.74 bits per heavy atom. The van der Waals surface area contributed by atoms with Crippen LogP contribution in [0.25, 0.3) is 11.3 Å². The molecule has 1 aliphatic carbocycles. The summed E-state index contributed by atoms with van der Waals surface area (Å²) in [5, 5.41) is 0.781. The van der Waals surface area contributed by atoms with E-state index in [0.717, 1.165) is 30.5 Å². The molecule has 23 heavy (non-hydrogen) atoms. The topological polar surface area (TPSA) is 34.9 Å². The van der Waals surface area contributed by atoms with Crippen LogP contribution in [0.1, 0.15) is 37.7 Å². The molecule has 0 aliphatic heterocycles. The third-order valence-corrected chi connectivity index (χ3v) is 5.07. The number of nitrogens with zero attached hydrogens (tertiary/aromatic N) is 2. The maximum absolute atomic E-state index is 12.6. The van der Waals surface area contributed by atoms with Crippen LogP contribution in [0.2, 0.25) is 10.0 Å². The van der Waals surface area contributed by atoms with Gasteiger partial charge in [-0.2, -0.15) is 0 Å².